The van der Waals surface area contributed by atoms with Crippen molar-refractivity contribution in [3.8, 4) is 16.9 Å². The number of benzene rings is 4. The Morgan fingerprint density at radius 3 is 2.21 bits per heavy atom. The summed E-state index contributed by atoms with van der Waals surface area (Å²) in [6.45, 7) is 4.71. The molecule has 0 fully saturated rings. The van der Waals surface area contributed by atoms with Crippen LogP contribution in [0.2, 0.25) is 0 Å². The van der Waals surface area contributed by atoms with E-state index in [4.69, 9.17) is 9.47 Å². The lowest BCUT2D eigenvalue weighted by Crippen LogP contribution is -2.33. The first-order valence-corrected chi connectivity index (χ1v) is 13.0. The third-order valence-electron chi connectivity index (χ3n) is 6.84. The van der Waals surface area contributed by atoms with Crippen molar-refractivity contribution < 1.29 is 23.0 Å². The minimum absolute atomic E-state index is 0.0797. The molecule has 2 atom stereocenters. The summed E-state index contributed by atoms with van der Waals surface area (Å²) in [4.78, 5) is 15.2. The van der Waals surface area contributed by atoms with Gasteiger partial charge in [-0.3, -0.25) is 9.69 Å². The number of esters is 1. The number of nitrogens with zero attached hydrogens (tertiary/aromatic N) is 1. The van der Waals surface area contributed by atoms with Crippen LogP contribution in [0.5, 0.6) is 5.75 Å². The van der Waals surface area contributed by atoms with Crippen molar-refractivity contribution in [2.75, 3.05) is 13.7 Å². The van der Waals surface area contributed by atoms with Crippen LogP contribution in [0.15, 0.2) is 97.1 Å². The van der Waals surface area contributed by atoms with Gasteiger partial charge in [-0.25, -0.2) is 8.78 Å². The molecule has 39 heavy (non-hydrogen) atoms. The fraction of sp³-hybridized carbons (Fsp3) is 0.242. The van der Waals surface area contributed by atoms with E-state index in [1.807, 2.05) is 48.5 Å². The smallest absolute Gasteiger partial charge is 0.307 e. The number of hydrogen-bond acceptors (Lipinski definition) is 4. The minimum atomic E-state index is -0.671. The first-order valence-electron chi connectivity index (χ1n) is 13.0. The summed E-state index contributed by atoms with van der Waals surface area (Å²) in [6.07, 6.45) is 0.0797. The number of ether oxygens (including phenoxy) is 2. The van der Waals surface area contributed by atoms with Gasteiger partial charge < -0.3 is 9.47 Å². The summed E-state index contributed by atoms with van der Waals surface area (Å²) in [6, 6.07) is 28.6. The monoisotopic (exact) mass is 529 g/mol. The molecule has 0 aliphatic carbocycles. The van der Waals surface area contributed by atoms with Crippen LogP contribution < -0.4 is 4.74 Å². The molecule has 0 heterocycles. The molecule has 202 valence electrons. The number of halogens is 2. The van der Waals surface area contributed by atoms with Crippen LogP contribution in [0.3, 0.4) is 0 Å². The van der Waals surface area contributed by atoms with Crippen molar-refractivity contribution in [1.82, 2.24) is 4.90 Å². The van der Waals surface area contributed by atoms with Gasteiger partial charge in [-0.1, -0.05) is 60.7 Å². The van der Waals surface area contributed by atoms with E-state index < -0.39 is 17.7 Å². The molecule has 2 unspecified atom stereocenters. The van der Waals surface area contributed by atoms with Gasteiger partial charge in [-0.05, 0) is 66.4 Å². The van der Waals surface area contributed by atoms with Crippen LogP contribution in [0.4, 0.5) is 8.78 Å². The van der Waals surface area contributed by atoms with E-state index >= 15 is 0 Å². The van der Waals surface area contributed by atoms with Crippen molar-refractivity contribution in [2.45, 2.75) is 38.9 Å². The third kappa shape index (κ3) is 7.09. The molecule has 0 spiro atoms. The highest BCUT2D eigenvalue weighted by molar-refractivity contribution is 5.71. The Balaban J connectivity index is 1.87. The Morgan fingerprint density at radius 2 is 1.56 bits per heavy atom. The molecule has 0 radical (unpaired) electrons. The van der Waals surface area contributed by atoms with Crippen molar-refractivity contribution >= 4 is 5.97 Å². The predicted molar refractivity (Wildman–Crippen MR) is 149 cm³/mol. The van der Waals surface area contributed by atoms with Crippen LogP contribution in [0.1, 0.15) is 49.0 Å². The third-order valence-corrected chi connectivity index (χ3v) is 6.84. The van der Waals surface area contributed by atoms with E-state index in [9.17, 15) is 13.6 Å². The fourth-order valence-corrected chi connectivity index (χ4v) is 4.85. The van der Waals surface area contributed by atoms with Gasteiger partial charge in [0.05, 0.1) is 20.1 Å². The van der Waals surface area contributed by atoms with E-state index in [0.29, 0.717) is 17.9 Å². The van der Waals surface area contributed by atoms with E-state index in [1.165, 1.54) is 12.1 Å². The van der Waals surface area contributed by atoms with Gasteiger partial charge in [0.2, 0.25) is 0 Å². The lowest BCUT2D eigenvalue weighted by Gasteiger charge is -2.37. The van der Waals surface area contributed by atoms with Crippen LogP contribution in [0.25, 0.3) is 11.1 Å². The minimum Gasteiger partial charge on any atom is -0.497 e. The van der Waals surface area contributed by atoms with E-state index in [2.05, 4.69) is 36.1 Å². The first-order chi connectivity index (χ1) is 18.9. The number of hydrogen-bond donors (Lipinski definition) is 0. The van der Waals surface area contributed by atoms with Crippen molar-refractivity contribution in [3.05, 3.63) is 125 Å². The molecular formula is C33H33F2NO3. The van der Waals surface area contributed by atoms with Crippen LogP contribution in [-0.4, -0.2) is 24.6 Å². The lowest BCUT2D eigenvalue weighted by atomic mass is 9.93. The molecule has 4 rings (SSSR count). The number of carbonyl (C=O) groups excluding carboxylic acids is 1. The average molecular weight is 530 g/mol. The largest absolute Gasteiger partial charge is 0.497 e. The molecule has 0 aliphatic rings. The Kier molecular flexibility index (Phi) is 9.45. The summed E-state index contributed by atoms with van der Waals surface area (Å²) in [5, 5.41) is 0. The predicted octanol–water partition coefficient (Wildman–Crippen LogP) is 7.90. The van der Waals surface area contributed by atoms with E-state index in [1.54, 1.807) is 20.1 Å². The number of rotatable bonds is 11. The van der Waals surface area contributed by atoms with Crippen molar-refractivity contribution in [1.29, 1.82) is 0 Å². The maximum atomic E-state index is 14.8. The maximum Gasteiger partial charge on any atom is 0.307 e. The molecule has 0 amide bonds. The molecule has 4 aromatic rings. The Bertz CT molecular complexity index is 1380. The van der Waals surface area contributed by atoms with E-state index in [-0.39, 0.29) is 30.6 Å². The highest BCUT2D eigenvalue weighted by atomic mass is 19.1. The van der Waals surface area contributed by atoms with Crippen LogP contribution in [0, 0.1) is 11.6 Å². The summed E-state index contributed by atoms with van der Waals surface area (Å²) in [7, 11) is 1.54. The standard InChI is InChI=1S/C33H33F2NO3/c1-4-39-33(37)21-32(27-17-26(18-29(19-27)38-3)30-16-15-28(34)20-31(30)35)36(22-24-11-7-5-8-12-24)23(2)25-13-9-6-10-14-25/h5-20,23,32H,4,21-22H2,1-3H3. The Labute approximate surface area is 228 Å². The highest BCUT2D eigenvalue weighted by Crippen LogP contribution is 2.38. The zero-order valence-corrected chi connectivity index (χ0v) is 22.4. The van der Waals surface area contributed by atoms with Gasteiger partial charge in [-0.15, -0.1) is 0 Å². The molecule has 0 bridgehead atoms. The fourth-order valence-electron chi connectivity index (χ4n) is 4.85. The summed E-state index contributed by atoms with van der Waals surface area (Å²) in [5.41, 5.74) is 3.72. The van der Waals surface area contributed by atoms with Gasteiger partial charge in [0, 0.05) is 30.3 Å². The second-order valence-electron chi connectivity index (χ2n) is 9.39. The number of methoxy groups -OCH3 is 1. The van der Waals surface area contributed by atoms with Gasteiger partial charge in [0.1, 0.15) is 17.4 Å². The molecule has 0 aromatic heterocycles. The first kappa shape index (κ1) is 28.0. The molecule has 0 aliphatic heterocycles. The molecule has 4 aromatic carbocycles. The van der Waals surface area contributed by atoms with Crippen LogP contribution >= 0.6 is 0 Å². The van der Waals surface area contributed by atoms with Gasteiger partial charge in [-0.2, -0.15) is 0 Å². The Hall–Kier alpha value is -4.03. The van der Waals surface area contributed by atoms with Gasteiger partial charge in [0.15, 0.2) is 0 Å². The maximum absolute atomic E-state index is 14.8. The summed E-state index contributed by atoms with van der Waals surface area (Å²) < 4.78 is 39.5. The summed E-state index contributed by atoms with van der Waals surface area (Å²) in [5.74, 6) is -1.15. The molecule has 6 heteroatoms. The van der Waals surface area contributed by atoms with Gasteiger partial charge >= 0.3 is 5.97 Å². The normalized spacial score (nSPS) is 12.7. The van der Waals surface area contributed by atoms with Crippen molar-refractivity contribution in [3.63, 3.8) is 0 Å². The quantitative estimate of drug-likeness (QED) is 0.185. The van der Waals surface area contributed by atoms with Crippen LogP contribution in [-0.2, 0) is 16.1 Å². The summed E-state index contributed by atoms with van der Waals surface area (Å²) >= 11 is 0. The Morgan fingerprint density at radius 1 is 0.872 bits per heavy atom. The van der Waals surface area contributed by atoms with Crippen molar-refractivity contribution in [2.24, 2.45) is 0 Å². The topological polar surface area (TPSA) is 38.8 Å². The second-order valence-corrected chi connectivity index (χ2v) is 9.39. The molecule has 4 nitrogen and oxygen atoms in total. The zero-order valence-electron chi connectivity index (χ0n) is 22.4. The zero-order chi connectivity index (χ0) is 27.8. The number of carbonyl (C=O) groups is 1. The molecule has 0 saturated carbocycles. The SMILES string of the molecule is CCOC(=O)CC(c1cc(OC)cc(-c2ccc(F)cc2F)c1)N(Cc1ccccc1)C(C)c1ccccc1. The lowest BCUT2D eigenvalue weighted by molar-refractivity contribution is -0.145. The average Bonchev–Trinajstić information content (AvgIpc) is 2.95. The highest BCUT2D eigenvalue weighted by Gasteiger charge is 2.30. The molecule has 0 N–H and O–H groups in total. The molecular weight excluding hydrogens is 496 g/mol. The molecule has 0 saturated heterocycles. The van der Waals surface area contributed by atoms with E-state index in [0.717, 1.165) is 22.8 Å². The second kappa shape index (κ2) is 13.2. The van der Waals surface area contributed by atoms with Gasteiger partial charge in [0.25, 0.3) is 0 Å².